The summed E-state index contributed by atoms with van der Waals surface area (Å²) in [7, 11) is 0. The normalized spacial score (nSPS) is 36.1. The van der Waals surface area contributed by atoms with Crippen LogP contribution in [0.25, 0.3) is 0 Å². The molecule has 52 valence electrons. The molecule has 0 aromatic heterocycles. The summed E-state index contributed by atoms with van der Waals surface area (Å²) in [6, 6.07) is 0. The van der Waals surface area contributed by atoms with Gasteiger partial charge in [-0.15, -0.1) is 6.58 Å². The molecule has 1 fully saturated rings. The molecule has 0 amide bonds. The van der Waals surface area contributed by atoms with E-state index in [1.54, 1.807) is 0 Å². The summed E-state index contributed by atoms with van der Waals surface area (Å²) in [5, 5.41) is 0. The van der Waals surface area contributed by atoms with Gasteiger partial charge in [0.2, 0.25) is 0 Å². The van der Waals surface area contributed by atoms with Gasteiger partial charge in [-0.05, 0) is 26.2 Å². The van der Waals surface area contributed by atoms with Gasteiger partial charge in [-0.2, -0.15) is 0 Å². The molecule has 1 heteroatoms. The number of rotatable bonds is 1. The molecule has 1 nitrogen and oxygen atoms in total. The fourth-order valence-corrected chi connectivity index (χ4v) is 1.21. The quantitative estimate of drug-likeness (QED) is 0.489. The first-order chi connectivity index (χ1) is 4.33. The predicted octanol–water partition coefficient (Wildman–Crippen LogP) is 2.13. The number of hydrogen-bond donors (Lipinski definition) is 0. The van der Waals surface area contributed by atoms with Crippen LogP contribution in [0.5, 0.6) is 0 Å². The van der Waals surface area contributed by atoms with Gasteiger partial charge >= 0.3 is 0 Å². The van der Waals surface area contributed by atoms with E-state index in [0.717, 1.165) is 6.42 Å². The molecule has 1 rings (SSSR count). The van der Waals surface area contributed by atoms with E-state index in [-0.39, 0.29) is 0 Å². The molecule has 1 aliphatic heterocycles. The van der Waals surface area contributed by atoms with E-state index in [1.807, 2.05) is 6.08 Å². The van der Waals surface area contributed by atoms with Crippen LogP contribution >= 0.6 is 0 Å². The van der Waals surface area contributed by atoms with Crippen molar-refractivity contribution in [2.24, 2.45) is 0 Å². The van der Waals surface area contributed by atoms with E-state index in [4.69, 9.17) is 4.74 Å². The molecule has 2 atom stereocenters. The first-order valence-corrected chi connectivity index (χ1v) is 3.61. The fraction of sp³-hybridized carbons (Fsp3) is 0.750. The van der Waals surface area contributed by atoms with Crippen LogP contribution in [0.3, 0.4) is 0 Å². The molecule has 0 aliphatic carbocycles. The minimum atomic E-state index is 0.328. The minimum Gasteiger partial charge on any atom is -0.371 e. The smallest absolute Gasteiger partial charge is 0.0756 e. The average Bonchev–Trinajstić information content (AvgIpc) is 1.88. The summed E-state index contributed by atoms with van der Waals surface area (Å²) in [6.07, 6.45) is 6.33. The second-order valence-corrected chi connectivity index (χ2v) is 2.65. The Bertz CT molecular complexity index is 98.7. The average molecular weight is 126 g/mol. The van der Waals surface area contributed by atoms with E-state index in [1.165, 1.54) is 12.8 Å². The Kier molecular flexibility index (Phi) is 2.29. The van der Waals surface area contributed by atoms with Gasteiger partial charge in [0, 0.05) is 0 Å². The third-order valence-electron chi connectivity index (χ3n) is 1.77. The largest absolute Gasteiger partial charge is 0.371 e. The Morgan fingerprint density at radius 3 is 2.78 bits per heavy atom. The van der Waals surface area contributed by atoms with Gasteiger partial charge in [-0.25, -0.2) is 0 Å². The second-order valence-electron chi connectivity index (χ2n) is 2.65. The van der Waals surface area contributed by atoms with E-state index in [0.29, 0.717) is 12.2 Å². The predicted molar refractivity (Wildman–Crippen MR) is 38.4 cm³/mol. The highest BCUT2D eigenvalue weighted by molar-refractivity contribution is 4.83. The van der Waals surface area contributed by atoms with Crippen LogP contribution in [0.4, 0.5) is 0 Å². The lowest BCUT2D eigenvalue weighted by Crippen LogP contribution is -2.23. The lowest BCUT2D eigenvalue weighted by molar-refractivity contribution is -0.0139. The Hall–Kier alpha value is -0.300. The van der Waals surface area contributed by atoms with Crippen LogP contribution in [0.15, 0.2) is 12.7 Å². The molecule has 0 bridgehead atoms. The maximum atomic E-state index is 5.52. The highest BCUT2D eigenvalue weighted by Crippen LogP contribution is 2.18. The van der Waals surface area contributed by atoms with Gasteiger partial charge in [0.1, 0.15) is 0 Å². The van der Waals surface area contributed by atoms with Crippen LogP contribution in [0.2, 0.25) is 0 Å². The lowest BCUT2D eigenvalue weighted by Gasteiger charge is -2.25. The van der Waals surface area contributed by atoms with Crippen molar-refractivity contribution < 1.29 is 4.74 Å². The van der Waals surface area contributed by atoms with Crippen molar-refractivity contribution >= 4 is 0 Å². The van der Waals surface area contributed by atoms with Gasteiger partial charge in [-0.3, -0.25) is 0 Å². The molecule has 9 heavy (non-hydrogen) atoms. The minimum absolute atomic E-state index is 0.328. The van der Waals surface area contributed by atoms with Crippen LogP contribution in [-0.4, -0.2) is 12.2 Å². The first-order valence-electron chi connectivity index (χ1n) is 3.61. The van der Waals surface area contributed by atoms with Crippen molar-refractivity contribution in [2.75, 3.05) is 0 Å². The van der Waals surface area contributed by atoms with Crippen LogP contribution in [0, 0.1) is 0 Å². The molecule has 0 aromatic rings. The summed E-state index contributed by atoms with van der Waals surface area (Å²) in [5.41, 5.74) is 0. The highest BCUT2D eigenvalue weighted by Gasteiger charge is 2.15. The second kappa shape index (κ2) is 3.02. The summed E-state index contributed by atoms with van der Waals surface area (Å²) in [4.78, 5) is 0. The molecular weight excluding hydrogens is 112 g/mol. The van der Waals surface area contributed by atoms with Crippen LogP contribution in [-0.2, 0) is 4.74 Å². The lowest BCUT2D eigenvalue weighted by atomic mass is 10.1. The summed E-state index contributed by atoms with van der Waals surface area (Å²) >= 11 is 0. The standard InChI is InChI=1S/C8H14O/c1-3-8-6-4-5-7(2)9-8/h3,7-8H,1,4-6H2,2H3/t7-,8+/m0/s1. The Morgan fingerprint density at radius 1 is 1.56 bits per heavy atom. The maximum Gasteiger partial charge on any atom is 0.0756 e. The molecule has 0 N–H and O–H groups in total. The summed E-state index contributed by atoms with van der Waals surface area (Å²) < 4.78 is 5.52. The molecule has 0 aromatic carbocycles. The monoisotopic (exact) mass is 126 g/mol. The molecule has 0 radical (unpaired) electrons. The molecule has 0 saturated carbocycles. The maximum absolute atomic E-state index is 5.52. The first kappa shape index (κ1) is 6.81. The highest BCUT2D eigenvalue weighted by atomic mass is 16.5. The molecule has 1 heterocycles. The van der Waals surface area contributed by atoms with Crippen LogP contribution in [0.1, 0.15) is 26.2 Å². The third kappa shape index (κ3) is 1.83. The topological polar surface area (TPSA) is 9.23 Å². The number of ether oxygens (including phenoxy) is 1. The number of hydrogen-bond acceptors (Lipinski definition) is 1. The van der Waals surface area contributed by atoms with E-state index >= 15 is 0 Å². The Balaban J connectivity index is 2.31. The zero-order chi connectivity index (χ0) is 6.69. The zero-order valence-corrected chi connectivity index (χ0v) is 5.97. The van der Waals surface area contributed by atoms with Crippen molar-refractivity contribution in [1.82, 2.24) is 0 Å². The van der Waals surface area contributed by atoms with Gasteiger partial charge < -0.3 is 4.74 Å². The summed E-state index contributed by atoms with van der Waals surface area (Å²) in [6.45, 7) is 5.81. The van der Waals surface area contributed by atoms with Gasteiger partial charge in [0.15, 0.2) is 0 Å². The van der Waals surface area contributed by atoms with Crippen molar-refractivity contribution in [1.29, 1.82) is 0 Å². The van der Waals surface area contributed by atoms with Gasteiger partial charge in [0.05, 0.1) is 12.2 Å². The summed E-state index contributed by atoms with van der Waals surface area (Å²) in [5.74, 6) is 0. The Morgan fingerprint density at radius 2 is 2.33 bits per heavy atom. The van der Waals surface area contributed by atoms with E-state index in [9.17, 15) is 0 Å². The van der Waals surface area contributed by atoms with Crippen molar-refractivity contribution in [2.45, 2.75) is 38.4 Å². The van der Waals surface area contributed by atoms with E-state index < -0.39 is 0 Å². The van der Waals surface area contributed by atoms with Gasteiger partial charge in [-0.1, -0.05) is 6.08 Å². The van der Waals surface area contributed by atoms with Crippen molar-refractivity contribution in [3.05, 3.63) is 12.7 Å². The molecule has 0 unspecified atom stereocenters. The SMILES string of the molecule is C=C[C@@H]1CCC[C@H](C)O1. The third-order valence-corrected chi connectivity index (χ3v) is 1.77. The molecule has 1 saturated heterocycles. The van der Waals surface area contributed by atoms with Crippen molar-refractivity contribution in [3.63, 3.8) is 0 Å². The Labute approximate surface area is 56.7 Å². The van der Waals surface area contributed by atoms with Crippen LogP contribution < -0.4 is 0 Å². The van der Waals surface area contributed by atoms with Crippen molar-refractivity contribution in [3.8, 4) is 0 Å². The van der Waals surface area contributed by atoms with Gasteiger partial charge in [0.25, 0.3) is 0 Å². The fourth-order valence-electron chi connectivity index (χ4n) is 1.21. The molecule has 1 aliphatic rings. The van der Waals surface area contributed by atoms with E-state index in [2.05, 4.69) is 13.5 Å². The molecule has 0 spiro atoms. The zero-order valence-electron chi connectivity index (χ0n) is 5.97. The molecular formula is C8H14O.